The van der Waals surface area contributed by atoms with Crippen LogP contribution in [-0.2, 0) is 6.54 Å². The molecule has 2 rings (SSSR count). The summed E-state index contributed by atoms with van der Waals surface area (Å²) in [5.74, 6) is -0.578. The predicted molar refractivity (Wildman–Crippen MR) is 84.1 cm³/mol. The van der Waals surface area contributed by atoms with E-state index in [1.54, 1.807) is 29.0 Å². The topological polar surface area (TPSA) is 66.0 Å². The molecule has 0 unspecified atom stereocenters. The van der Waals surface area contributed by atoms with E-state index < -0.39 is 5.82 Å². The highest BCUT2D eigenvalue weighted by Gasteiger charge is 2.16. The van der Waals surface area contributed by atoms with Crippen LogP contribution in [0.1, 0.15) is 16.1 Å². The summed E-state index contributed by atoms with van der Waals surface area (Å²) < 4.78 is 14.6. The van der Waals surface area contributed by atoms with Gasteiger partial charge in [-0.2, -0.15) is 0 Å². The standard InChI is InChI=1S/C13H14BrFN4S/c1-7-10(20-6-18-7)5-19(2)9-4-3-8(13(16)17)11(14)12(9)15/h3-4,6H,5H2,1-2H3,(H3,16,17). The number of nitrogen functional groups attached to an aromatic ring is 1. The Hall–Kier alpha value is -1.47. The second-order valence-corrected chi connectivity index (χ2v) is 6.12. The summed E-state index contributed by atoms with van der Waals surface area (Å²) in [4.78, 5) is 7.09. The van der Waals surface area contributed by atoms with Gasteiger partial charge in [-0.1, -0.05) is 0 Å². The summed E-state index contributed by atoms with van der Waals surface area (Å²) in [6.07, 6.45) is 0. The van der Waals surface area contributed by atoms with Crippen LogP contribution in [0, 0.1) is 18.2 Å². The highest BCUT2D eigenvalue weighted by Crippen LogP contribution is 2.30. The average molecular weight is 357 g/mol. The molecule has 0 saturated heterocycles. The first-order chi connectivity index (χ1) is 9.41. The molecule has 0 aliphatic heterocycles. The molecule has 3 N–H and O–H groups in total. The monoisotopic (exact) mass is 356 g/mol. The van der Waals surface area contributed by atoms with Crippen molar-refractivity contribution in [2.75, 3.05) is 11.9 Å². The van der Waals surface area contributed by atoms with E-state index in [9.17, 15) is 4.39 Å². The molecule has 2 aromatic rings. The van der Waals surface area contributed by atoms with Crippen LogP contribution in [0.4, 0.5) is 10.1 Å². The van der Waals surface area contributed by atoms with Crippen molar-refractivity contribution in [3.63, 3.8) is 0 Å². The van der Waals surface area contributed by atoms with Crippen LogP contribution in [0.25, 0.3) is 0 Å². The maximum atomic E-state index is 14.3. The van der Waals surface area contributed by atoms with Gasteiger partial charge in [0, 0.05) is 17.5 Å². The maximum Gasteiger partial charge on any atom is 0.161 e. The van der Waals surface area contributed by atoms with Crippen molar-refractivity contribution < 1.29 is 4.39 Å². The van der Waals surface area contributed by atoms with Crippen LogP contribution in [0.5, 0.6) is 0 Å². The second-order valence-electron chi connectivity index (χ2n) is 4.39. The molecule has 106 valence electrons. The van der Waals surface area contributed by atoms with Gasteiger partial charge in [0.2, 0.25) is 0 Å². The molecular weight excluding hydrogens is 343 g/mol. The minimum absolute atomic E-state index is 0.164. The number of halogens is 2. The van der Waals surface area contributed by atoms with Crippen molar-refractivity contribution in [2.45, 2.75) is 13.5 Å². The minimum atomic E-state index is -0.414. The fourth-order valence-corrected chi connectivity index (χ4v) is 3.20. The summed E-state index contributed by atoms with van der Waals surface area (Å²) in [6, 6.07) is 3.27. The zero-order chi connectivity index (χ0) is 14.9. The van der Waals surface area contributed by atoms with E-state index in [0.717, 1.165) is 10.6 Å². The molecule has 0 fully saturated rings. The fraction of sp³-hybridized carbons (Fsp3) is 0.231. The normalized spacial score (nSPS) is 10.6. The smallest absolute Gasteiger partial charge is 0.161 e. The van der Waals surface area contributed by atoms with Crippen LogP contribution in [0.2, 0.25) is 0 Å². The number of hydrogen-bond acceptors (Lipinski definition) is 4. The third-order valence-electron chi connectivity index (χ3n) is 2.99. The lowest BCUT2D eigenvalue weighted by Crippen LogP contribution is -2.19. The molecule has 0 aliphatic carbocycles. The molecule has 1 heterocycles. The molecule has 0 atom stereocenters. The molecule has 0 spiro atoms. The highest BCUT2D eigenvalue weighted by molar-refractivity contribution is 9.10. The Morgan fingerprint density at radius 3 is 2.80 bits per heavy atom. The third-order valence-corrected chi connectivity index (χ3v) is 4.68. The molecular formula is C13H14BrFN4S. The van der Waals surface area contributed by atoms with Crippen molar-refractivity contribution in [3.05, 3.63) is 44.1 Å². The molecule has 20 heavy (non-hydrogen) atoms. The van der Waals surface area contributed by atoms with Crippen LogP contribution >= 0.6 is 27.3 Å². The molecule has 1 aromatic heterocycles. The molecule has 0 aliphatic rings. The first kappa shape index (κ1) is 14.9. The van der Waals surface area contributed by atoms with Gasteiger partial charge in [0.1, 0.15) is 5.84 Å². The molecule has 4 nitrogen and oxygen atoms in total. The fourth-order valence-electron chi connectivity index (χ4n) is 1.82. The van der Waals surface area contributed by atoms with Gasteiger partial charge in [-0.3, -0.25) is 5.41 Å². The molecule has 0 saturated carbocycles. The van der Waals surface area contributed by atoms with Gasteiger partial charge in [-0.25, -0.2) is 9.37 Å². The van der Waals surface area contributed by atoms with E-state index in [2.05, 4.69) is 20.9 Å². The minimum Gasteiger partial charge on any atom is -0.384 e. The maximum absolute atomic E-state index is 14.3. The Labute approximate surface area is 129 Å². The van der Waals surface area contributed by atoms with Gasteiger partial charge >= 0.3 is 0 Å². The number of benzene rings is 1. The number of amidine groups is 1. The first-order valence-corrected chi connectivity index (χ1v) is 7.51. The van der Waals surface area contributed by atoms with Gasteiger partial charge in [0.25, 0.3) is 0 Å². The Morgan fingerprint density at radius 2 is 2.25 bits per heavy atom. The second kappa shape index (κ2) is 5.88. The largest absolute Gasteiger partial charge is 0.384 e. The zero-order valence-corrected chi connectivity index (χ0v) is 13.5. The summed E-state index contributed by atoms with van der Waals surface area (Å²) in [5, 5.41) is 7.40. The number of nitrogens with two attached hydrogens (primary N) is 1. The Bertz CT molecular complexity index is 656. The van der Waals surface area contributed by atoms with Crippen molar-refractivity contribution in [1.82, 2.24) is 4.98 Å². The molecule has 1 aromatic carbocycles. The van der Waals surface area contributed by atoms with Gasteiger partial charge in [-0.15, -0.1) is 11.3 Å². The van der Waals surface area contributed by atoms with Crippen LogP contribution < -0.4 is 10.6 Å². The quantitative estimate of drug-likeness (QED) is 0.652. The van der Waals surface area contributed by atoms with Gasteiger partial charge < -0.3 is 10.6 Å². The van der Waals surface area contributed by atoms with Crippen molar-refractivity contribution >= 4 is 38.8 Å². The summed E-state index contributed by atoms with van der Waals surface area (Å²) in [5.41, 5.74) is 8.96. The third kappa shape index (κ3) is 2.83. The van der Waals surface area contributed by atoms with Gasteiger partial charge in [0.15, 0.2) is 5.82 Å². The average Bonchev–Trinajstić information content (AvgIpc) is 2.77. The van der Waals surface area contributed by atoms with Gasteiger partial charge in [-0.05, 0) is 35.0 Å². The Morgan fingerprint density at radius 1 is 1.55 bits per heavy atom. The lowest BCUT2D eigenvalue weighted by molar-refractivity contribution is 0.615. The lowest BCUT2D eigenvalue weighted by Gasteiger charge is -2.20. The summed E-state index contributed by atoms with van der Waals surface area (Å²) in [7, 11) is 1.82. The first-order valence-electron chi connectivity index (χ1n) is 5.84. The Balaban J connectivity index is 2.31. The van der Waals surface area contributed by atoms with E-state index in [1.165, 1.54) is 0 Å². The van der Waals surface area contributed by atoms with Gasteiger partial charge in [0.05, 0.1) is 27.9 Å². The number of thiazole rings is 1. The zero-order valence-electron chi connectivity index (χ0n) is 11.1. The SMILES string of the molecule is Cc1ncsc1CN(C)c1ccc(C(=N)N)c(Br)c1F. The molecule has 0 radical (unpaired) electrons. The number of nitrogens with one attached hydrogen (secondary N) is 1. The van der Waals surface area contributed by atoms with Crippen LogP contribution in [-0.4, -0.2) is 17.9 Å². The number of anilines is 1. The number of hydrogen-bond donors (Lipinski definition) is 2. The summed E-state index contributed by atoms with van der Waals surface area (Å²) >= 11 is 4.71. The number of aromatic nitrogens is 1. The van der Waals surface area contributed by atoms with Crippen LogP contribution in [0.15, 0.2) is 22.1 Å². The predicted octanol–water partition coefficient (Wildman–Crippen LogP) is 3.27. The van der Waals surface area contributed by atoms with Crippen molar-refractivity contribution in [1.29, 1.82) is 5.41 Å². The molecule has 0 amide bonds. The summed E-state index contributed by atoms with van der Waals surface area (Å²) in [6.45, 7) is 2.52. The van der Waals surface area contributed by atoms with E-state index in [0.29, 0.717) is 17.8 Å². The number of rotatable bonds is 4. The van der Waals surface area contributed by atoms with Crippen LogP contribution in [0.3, 0.4) is 0 Å². The molecule has 7 heteroatoms. The van der Waals surface area contributed by atoms with Crippen molar-refractivity contribution in [2.24, 2.45) is 5.73 Å². The number of aryl methyl sites for hydroxylation is 1. The Kier molecular flexibility index (Phi) is 4.39. The highest BCUT2D eigenvalue weighted by atomic mass is 79.9. The van der Waals surface area contributed by atoms with E-state index in [4.69, 9.17) is 11.1 Å². The van der Waals surface area contributed by atoms with Crippen molar-refractivity contribution in [3.8, 4) is 0 Å². The number of nitrogens with zero attached hydrogens (tertiary/aromatic N) is 2. The lowest BCUT2D eigenvalue weighted by atomic mass is 10.1. The van der Waals surface area contributed by atoms with E-state index >= 15 is 0 Å². The molecule has 0 bridgehead atoms. The van der Waals surface area contributed by atoms with E-state index in [-0.39, 0.29) is 10.3 Å². The van der Waals surface area contributed by atoms with E-state index in [1.807, 2.05) is 18.9 Å².